The van der Waals surface area contributed by atoms with Gasteiger partial charge in [-0.2, -0.15) is 0 Å². The van der Waals surface area contributed by atoms with Crippen LogP contribution in [0.25, 0.3) is 0 Å². The van der Waals surface area contributed by atoms with Crippen molar-refractivity contribution in [1.29, 1.82) is 0 Å². The van der Waals surface area contributed by atoms with Crippen LogP contribution < -0.4 is 10.0 Å². The number of hydrogen-bond acceptors (Lipinski definition) is 6. The molecule has 0 bridgehead atoms. The van der Waals surface area contributed by atoms with Crippen LogP contribution in [0, 0.1) is 6.92 Å². The van der Waals surface area contributed by atoms with Gasteiger partial charge < -0.3 is 15.0 Å². The number of amides is 2. The summed E-state index contributed by atoms with van der Waals surface area (Å²) in [5, 5.41) is 2.17. The number of morpholine rings is 1. The Bertz CT molecular complexity index is 1150. The SMILES string of the molecule is Cc1ccc(Cl)cc1NS(=O)(=O)c1ccc2c(c1)NC(=O)[C@@H](C(=O)N1CCOCC1)S2. The third-order valence-electron chi connectivity index (χ3n) is 4.99. The molecule has 1 fully saturated rings. The van der Waals surface area contributed by atoms with Gasteiger partial charge >= 0.3 is 0 Å². The number of thioether (sulfide) groups is 1. The lowest BCUT2D eigenvalue weighted by molar-refractivity contribution is -0.137. The lowest BCUT2D eigenvalue weighted by atomic mass is 10.2. The first kappa shape index (κ1) is 21.9. The molecule has 2 amide bonds. The van der Waals surface area contributed by atoms with Gasteiger partial charge in [0.25, 0.3) is 10.0 Å². The summed E-state index contributed by atoms with van der Waals surface area (Å²) in [6.07, 6.45) is 0. The van der Waals surface area contributed by atoms with E-state index in [0.29, 0.717) is 47.6 Å². The van der Waals surface area contributed by atoms with Gasteiger partial charge in [-0.25, -0.2) is 8.42 Å². The highest BCUT2D eigenvalue weighted by Crippen LogP contribution is 2.38. The Morgan fingerprint density at radius 3 is 2.71 bits per heavy atom. The van der Waals surface area contributed by atoms with Gasteiger partial charge in [0.05, 0.1) is 29.5 Å². The number of anilines is 2. The van der Waals surface area contributed by atoms with Crippen LogP contribution in [0.15, 0.2) is 46.2 Å². The second-order valence-corrected chi connectivity index (χ2v) is 10.4. The monoisotopic (exact) mass is 481 g/mol. The molecule has 0 aromatic heterocycles. The number of fused-ring (bicyclic) bond motifs is 1. The number of benzene rings is 2. The molecule has 0 radical (unpaired) electrons. The van der Waals surface area contributed by atoms with Crippen LogP contribution in [0.3, 0.4) is 0 Å². The van der Waals surface area contributed by atoms with Crippen molar-refractivity contribution in [3.63, 3.8) is 0 Å². The topological polar surface area (TPSA) is 105 Å². The molecule has 2 aliphatic rings. The maximum absolute atomic E-state index is 12.9. The minimum absolute atomic E-state index is 0.00974. The number of hydrogen-bond donors (Lipinski definition) is 2. The van der Waals surface area contributed by atoms with Crippen LogP contribution in [0.2, 0.25) is 5.02 Å². The molecule has 2 aliphatic heterocycles. The molecule has 1 atom stereocenters. The Balaban J connectivity index is 1.55. The Morgan fingerprint density at radius 1 is 1.23 bits per heavy atom. The zero-order valence-corrected chi connectivity index (χ0v) is 18.9. The van der Waals surface area contributed by atoms with E-state index in [1.54, 1.807) is 30.0 Å². The van der Waals surface area contributed by atoms with Gasteiger partial charge in [0.1, 0.15) is 0 Å². The number of sulfonamides is 1. The Morgan fingerprint density at radius 2 is 1.97 bits per heavy atom. The van der Waals surface area contributed by atoms with Gasteiger partial charge in [0.15, 0.2) is 5.25 Å². The van der Waals surface area contributed by atoms with Crippen molar-refractivity contribution < 1.29 is 22.7 Å². The number of aryl methyl sites for hydroxylation is 1. The molecular formula is C20H20ClN3O5S2. The van der Waals surface area contributed by atoms with Crippen LogP contribution in [0.1, 0.15) is 5.56 Å². The number of nitrogens with one attached hydrogen (secondary N) is 2. The fourth-order valence-corrected chi connectivity index (χ4v) is 5.65. The number of ether oxygens (including phenoxy) is 1. The molecule has 2 aromatic rings. The van der Waals surface area contributed by atoms with Crippen molar-refractivity contribution >= 4 is 56.6 Å². The molecule has 0 spiro atoms. The van der Waals surface area contributed by atoms with Gasteiger partial charge in [-0.1, -0.05) is 17.7 Å². The summed E-state index contributed by atoms with van der Waals surface area (Å²) in [6.45, 7) is 3.55. The van der Waals surface area contributed by atoms with Gasteiger partial charge in [-0.15, -0.1) is 11.8 Å². The molecule has 164 valence electrons. The normalized spacial score (nSPS) is 18.8. The lowest BCUT2D eigenvalue weighted by Gasteiger charge is -2.31. The van der Waals surface area contributed by atoms with Crippen molar-refractivity contribution in [3.05, 3.63) is 47.0 Å². The number of carbonyl (C=O) groups is 2. The standard InChI is InChI=1S/C20H20ClN3O5S2/c1-12-2-3-13(21)10-15(12)23-31(27,28)14-4-5-17-16(11-14)22-19(25)18(30-17)20(26)24-6-8-29-9-7-24/h2-5,10-11,18,23H,6-9H2,1H3,(H,22,25)/t18-/m0/s1. The first-order chi connectivity index (χ1) is 14.7. The maximum atomic E-state index is 12.9. The van der Waals surface area contributed by atoms with E-state index in [4.69, 9.17) is 16.3 Å². The van der Waals surface area contributed by atoms with Crippen molar-refractivity contribution in [1.82, 2.24) is 4.90 Å². The molecule has 31 heavy (non-hydrogen) atoms. The van der Waals surface area contributed by atoms with Gasteiger partial charge in [-0.3, -0.25) is 14.3 Å². The quantitative estimate of drug-likeness (QED) is 0.650. The van der Waals surface area contributed by atoms with Crippen molar-refractivity contribution in [3.8, 4) is 0 Å². The van der Waals surface area contributed by atoms with E-state index in [-0.39, 0.29) is 10.8 Å². The van der Waals surface area contributed by atoms with Crippen molar-refractivity contribution in [2.75, 3.05) is 36.3 Å². The van der Waals surface area contributed by atoms with E-state index < -0.39 is 21.2 Å². The molecule has 4 rings (SSSR count). The van der Waals surface area contributed by atoms with E-state index in [1.807, 2.05) is 0 Å². The van der Waals surface area contributed by atoms with Crippen LogP contribution in [-0.2, 0) is 24.3 Å². The maximum Gasteiger partial charge on any atom is 0.261 e. The van der Waals surface area contributed by atoms with E-state index in [2.05, 4.69) is 10.0 Å². The molecule has 2 aromatic carbocycles. The first-order valence-corrected chi connectivity index (χ1v) is 12.3. The van der Waals surface area contributed by atoms with Crippen molar-refractivity contribution in [2.24, 2.45) is 0 Å². The van der Waals surface area contributed by atoms with Crippen molar-refractivity contribution in [2.45, 2.75) is 22.0 Å². The Kier molecular flexibility index (Phi) is 6.16. The average molecular weight is 482 g/mol. The molecule has 11 heteroatoms. The second-order valence-electron chi connectivity index (χ2n) is 7.15. The minimum Gasteiger partial charge on any atom is -0.378 e. The summed E-state index contributed by atoms with van der Waals surface area (Å²) in [7, 11) is -3.91. The number of rotatable bonds is 4. The summed E-state index contributed by atoms with van der Waals surface area (Å²) in [5.74, 6) is -0.742. The molecule has 0 saturated carbocycles. The zero-order chi connectivity index (χ0) is 22.2. The highest BCUT2D eigenvalue weighted by Gasteiger charge is 2.36. The molecule has 8 nitrogen and oxygen atoms in total. The molecule has 1 saturated heterocycles. The van der Waals surface area contributed by atoms with E-state index >= 15 is 0 Å². The second kappa shape index (κ2) is 8.70. The summed E-state index contributed by atoms with van der Waals surface area (Å²) in [4.78, 5) is 27.6. The largest absolute Gasteiger partial charge is 0.378 e. The van der Waals surface area contributed by atoms with E-state index in [0.717, 1.165) is 17.3 Å². The number of halogens is 1. The fraction of sp³-hybridized carbons (Fsp3) is 0.300. The fourth-order valence-electron chi connectivity index (χ4n) is 3.28. The van der Waals surface area contributed by atoms with Crippen LogP contribution in [0.4, 0.5) is 11.4 Å². The first-order valence-electron chi connectivity index (χ1n) is 9.52. The molecular weight excluding hydrogens is 462 g/mol. The summed E-state index contributed by atoms with van der Waals surface area (Å²) in [5.41, 5.74) is 1.45. The average Bonchev–Trinajstić information content (AvgIpc) is 2.75. The highest BCUT2D eigenvalue weighted by atomic mass is 35.5. The Labute approximate surface area is 189 Å². The zero-order valence-electron chi connectivity index (χ0n) is 16.6. The van der Waals surface area contributed by atoms with Gasteiger partial charge in [0.2, 0.25) is 11.8 Å². The molecule has 0 aliphatic carbocycles. The lowest BCUT2D eigenvalue weighted by Crippen LogP contribution is -2.49. The predicted molar refractivity (Wildman–Crippen MR) is 119 cm³/mol. The van der Waals surface area contributed by atoms with E-state index in [9.17, 15) is 18.0 Å². The number of nitrogens with zero attached hydrogens (tertiary/aromatic N) is 1. The number of carbonyl (C=O) groups excluding carboxylic acids is 2. The predicted octanol–water partition coefficient (Wildman–Crippen LogP) is 2.72. The summed E-state index contributed by atoms with van der Waals surface area (Å²) >= 11 is 7.09. The highest BCUT2D eigenvalue weighted by molar-refractivity contribution is 8.01. The minimum atomic E-state index is -3.91. The van der Waals surface area contributed by atoms with E-state index in [1.165, 1.54) is 18.2 Å². The molecule has 2 heterocycles. The summed E-state index contributed by atoms with van der Waals surface area (Å²) in [6, 6.07) is 9.36. The van der Waals surface area contributed by atoms with Crippen LogP contribution in [0.5, 0.6) is 0 Å². The smallest absolute Gasteiger partial charge is 0.261 e. The Hall–Kier alpha value is -2.27. The third kappa shape index (κ3) is 4.67. The molecule has 0 unspecified atom stereocenters. The van der Waals surface area contributed by atoms with Crippen LogP contribution in [-0.4, -0.2) is 56.7 Å². The van der Waals surface area contributed by atoms with Gasteiger partial charge in [0, 0.05) is 23.0 Å². The summed E-state index contributed by atoms with van der Waals surface area (Å²) < 4.78 is 33.5. The van der Waals surface area contributed by atoms with Gasteiger partial charge in [-0.05, 0) is 42.8 Å². The van der Waals surface area contributed by atoms with Crippen LogP contribution >= 0.6 is 23.4 Å². The third-order valence-corrected chi connectivity index (χ3v) is 7.85. The molecule has 2 N–H and O–H groups in total.